The minimum atomic E-state index is -0.671. The Morgan fingerprint density at radius 3 is 2.79 bits per heavy atom. The highest BCUT2D eigenvalue weighted by Crippen LogP contribution is 2.31. The van der Waals surface area contributed by atoms with Crippen LogP contribution in [0.3, 0.4) is 0 Å². The predicted octanol–water partition coefficient (Wildman–Crippen LogP) is 3.66. The van der Waals surface area contributed by atoms with E-state index in [4.69, 9.17) is 4.74 Å². The van der Waals surface area contributed by atoms with Crippen molar-refractivity contribution in [3.63, 3.8) is 0 Å². The molecule has 1 aromatic carbocycles. The first kappa shape index (κ1) is 17.7. The molecule has 7 nitrogen and oxygen atoms in total. The van der Waals surface area contributed by atoms with E-state index in [1.54, 1.807) is 17.0 Å². The van der Waals surface area contributed by atoms with E-state index in [0.717, 1.165) is 12.0 Å². The van der Waals surface area contributed by atoms with Crippen LogP contribution in [-0.4, -0.2) is 24.3 Å². The van der Waals surface area contributed by atoms with Gasteiger partial charge in [0.25, 0.3) is 5.88 Å². The van der Waals surface area contributed by atoms with Gasteiger partial charge in [0, 0.05) is 12.5 Å². The fraction of sp³-hybridized carbons (Fsp3) is 0.200. The highest BCUT2D eigenvalue weighted by Gasteiger charge is 2.29. The zero-order valence-corrected chi connectivity index (χ0v) is 16.3. The van der Waals surface area contributed by atoms with Crippen molar-refractivity contribution >= 4 is 11.3 Å². The van der Waals surface area contributed by atoms with E-state index in [9.17, 15) is 9.18 Å². The fourth-order valence-electron chi connectivity index (χ4n) is 3.54. The maximum Gasteiger partial charge on any atom is 0.351 e. The first-order chi connectivity index (χ1) is 14.1. The van der Waals surface area contributed by atoms with Crippen LogP contribution in [0.4, 0.5) is 4.39 Å². The highest BCUT2D eigenvalue weighted by molar-refractivity contribution is 7.11. The first-order valence-electron chi connectivity index (χ1n) is 9.11. The molecular weight excluding hydrogens is 393 g/mol. The Balaban J connectivity index is 1.49. The zero-order chi connectivity index (χ0) is 20.0. The molecule has 4 aromatic rings. The average Bonchev–Trinajstić information content (AvgIpc) is 3.41. The second-order valence-corrected chi connectivity index (χ2v) is 7.57. The average molecular weight is 409 g/mol. The molecule has 0 aliphatic carbocycles. The number of aryl methyl sites for hydroxylation is 2. The lowest BCUT2D eigenvalue weighted by Gasteiger charge is -2.12. The number of pyridine rings is 1. The van der Waals surface area contributed by atoms with E-state index < -0.39 is 5.82 Å². The third-order valence-corrected chi connectivity index (χ3v) is 5.75. The molecule has 0 amide bonds. The lowest BCUT2D eigenvalue weighted by molar-refractivity contribution is 0.428. The molecule has 1 aliphatic rings. The van der Waals surface area contributed by atoms with Gasteiger partial charge in [-0.3, -0.25) is 4.57 Å². The van der Waals surface area contributed by atoms with Crippen molar-refractivity contribution in [2.24, 2.45) is 0 Å². The molecule has 9 heteroatoms. The lowest BCUT2D eigenvalue weighted by Crippen LogP contribution is -2.26. The number of halogens is 1. The van der Waals surface area contributed by atoms with E-state index in [-0.39, 0.29) is 23.3 Å². The first-order valence-corrected chi connectivity index (χ1v) is 9.99. The molecule has 0 spiro atoms. The minimum Gasteiger partial charge on any atom is -0.423 e. The van der Waals surface area contributed by atoms with Crippen LogP contribution in [0.25, 0.3) is 5.69 Å². The Morgan fingerprint density at radius 2 is 2.07 bits per heavy atom. The Bertz CT molecular complexity index is 1250. The summed E-state index contributed by atoms with van der Waals surface area (Å²) in [4.78, 5) is 21.1. The van der Waals surface area contributed by atoms with Gasteiger partial charge >= 0.3 is 5.69 Å². The van der Waals surface area contributed by atoms with Crippen LogP contribution in [0, 0.1) is 12.7 Å². The van der Waals surface area contributed by atoms with Gasteiger partial charge in [-0.2, -0.15) is 4.68 Å². The molecular formula is C20H16FN5O2S. The summed E-state index contributed by atoms with van der Waals surface area (Å²) in [6, 6.07) is 11.0. The molecule has 0 saturated heterocycles. The number of hydrogen-bond donors (Lipinski definition) is 0. The van der Waals surface area contributed by atoms with Gasteiger partial charge in [-0.15, -0.1) is 5.10 Å². The van der Waals surface area contributed by atoms with Gasteiger partial charge in [0.1, 0.15) is 5.82 Å². The summed E-state index contributed by atoms with van der Waals surface area (Å²) in [5.41, 5.74) is 3.29. The van der Waals surface area contributed by atoms with Crippen molar-refractivity contribution in [2.75, 3.05) is 0 Å². The van der Waals surface area contributed by atoms with Gasteiger partial charge in [0.2, 0.25) is 5.06 Å². The minimum absolute atomic E-state index is 0.0674. The van der Waals surface area contributed by atoms with Gasteiger partial charge < -0.3 is 4.74 Å². The van der Waals surface area contributed by atoms with Crippen molar-refractivity contribution in [1.82, 2.24) is 24.3 Å². The molecule has 0 saturated carbocycles. The molecule has 146 valence electrons. The number of benzene rings is 1. The van der Waals surface area contributed by atoms with E-state index in [1.807, 2.05) is 30.3 Å². The van der Waals surface area contributed by atoms with Crippen LogP contribution < -0.4 is 10.4 Å². The van der Waals surface area contributed by atoms with Crippen molar-refractivity contribution in [3.8, 4) is 16.6 Å². The fourth-order valence-corrected chi connectivity index (χ4v) is 4.20. The number of thiazole rings is 1. The van der Waals surface area contributed by atoms with Crippen molar-refractivity contribution in [2.45, 2.75) is 25.8 Å². The van der Waals surface area contributed by atoms with Crippen LogP contribution in [-0.2, 0) is 6.42 Å². The van der Waals surface area contributed by atoms with Crippen molar-refractivity contribution in [3.05, 3.63) is 81.5 Å². The molecule has 5 rings (SSSR count). The molecule has 29 heavy (non-hydrogen) atoms. The quantitative estimate of drug-likeness (QED) is 0.514. The molecule has 1 unspecified atom stereocenters. The maximum absolute atomic E-state index is 14.6. The Morgan fingerprint density at radius 1 is 1.24 bits per heavy atom. The molecule has 1 atom stereocenters. The summed E-state index contributed by atoms with van der Waals surface area (Å²) in [7, 11) is 0. The normalized spacial score (nSPS) is 15.4. The molecule has 0 radical (unpaired) electrons. The smallest absolute Gasteiger partial charge is 0.351 e. The van der Waals surface area contributed by atoms with Gasteiger partial charge in [0.15, 0.2) is 5.82 Å². The molecule has 0 bridgehead atoms. The Hall–Kier alpha value is -3.33. The third kappa shape index (κ3) is 3.03. The van der Waals surface area contributed by atoms with Crippen LogP contribution in [0.5, 0.6) is 10.9 Å². The SMILES string of the molecule is Cc1ncsc1Oc1ncc(-n2nc3n(c2=O)C(c2ccccc2)CC3)cc1F. The summed E-state index contributed by atoms with van der Waals surface area (Å²) in [6.45, 7) is 1.77. The van der Waals surface area contributed by atoms with Crippen LogP contribution >= 0.6 is 11.3 Å². The molecule has 0 N–H and O–H groups in total. The summed E-state index contributed by atoms with van der Waals surface area (Å²) < 4.78 is 23.0. The van der Waals surface area contributed by atoms with E-state index in [0.29, 0.717) is 23.0 Å². The highest BCUT2D eigenvalue weighted by atomic mass is 32.1. The van der Waals surface area contributed by atoms with Gasteiger partial charge in [-0.05, 0) is 18.9 Å². The van der Waals surface area contributed by atoms with Crippen molar-refractivity contribution in [1.29, 1.82) is 0 Å². The van der Waals surface area contributed by atoms with Gasteiger partial charge in [-0.1, -0.05) is 41.7 Å². The van der Waals surface area contributed by atoms with Gasteiger partial charge in [-0.25, -0.2) is 19.2 Å². The number of nitrogens with zero attached hydrogens (tertiary/aromatic N) is 5. The maximum atomic E-state index is 14.6. The van der Waals surface area contributed by atoms with E-state index in [1.165, 1.54) is 28.3 Å². The Labute approximate surface area is 169 Å². The molecule has 4 heterocycles. The van der Waals surface area contributed by atoms with Crippen LogP contribution in [0.15, 0.2) is 52.9 Å². The molecule has 3 aromatic heterocycles. The second-order valence-electron chi connectivity index (χ2n) is 6.75. The predicted molar refractivity (Wildman–Crippen MR) is 105 cm³/mol. The summed E-state index contributed by atoms with van der Waals surface area (Å²) in [5.74, 6) is -0.150. The summed E-state index contributed by atoms with van der Waals surface area (Å²) in [6.07, 6.45) is 2.88. The standard InChI is InChI=1S/C20H16FN5O2S/c1-12-19(29-11-23-12)28-18-15(21)9-14(10-22-18)26-20(27)25-16(7-8-17(25)24-26)13-5-3-2-4-6-13/h2-6,9-11,16H,7-8H2,1H3. The largest absolute Gasteiger partial charge is 0.423 e. The van der Waals surface area contributed by atoms with Gasteiger partial charge in [0.05, 0.1) is 29.1 Å². The number of ether oxygens (including phenoxy) is 1. The monoisotopic (exact) mass is 409 g/mol. The Kier molecular flexibility index (Phi) is 4.24. The number of fused-ring (bicyclic) bond motifs is 1. The van der Waals surface area contributed by atoms with Crippen LogP contribution in [0.2, 0.25) is 0 Å². The zero-order valence-electron chi connectivity index (χ0n) is 15.4. The number of rotatable bonds is 4. The lowest BCUT2D eigenvalue weighted by atomic mass is 10.1. The number of hydrogen-bond acceptors (Lipinski definition) is 6. The summed E-state index contributed by atoms with van der Waals surface area (Å²) in [5, 5.41) is 4.89. The van der Waals surface area contributed by atoms with Crippen LogP contribution in [0.1, 0.15) is 29.5 Å². The third-order valence-electron chi connectivity index (χ3n) is 4.95. The van der Waals surface area contributed by atoms with E-state index in [2.05, 4.69) is 15.1 Å². The van der Waals surface area contributed by atoms with Crippen molar-refractivity contribution < 1.29 is 9.13 Å². The second kappa shape index (κ2) is 6.93. The van der Waals surface area contributed by atoms with E-state index >= 15 is 0 Å². The molecule has 0 fully saturated rings. The molecule has 1 aliphatic heterocycles. The summed E-state index contributed by atoms with van der Waals surface area (Å²) >= 11 is 1.26. The number of aromatic nitrogens is 5. The topological polar surface area (TPSA) is 74.8 Å².